The van der Waals surface area contributed by atoms with Gasteiger partial charge in [0.2, 0.25) is 0 Å². The minimum Gasteiger partial charge on any atom is -0.224 e. The summed E-state index contributed by atoms with van der Waals surface area (Å²) in [5.74, 6) is 7.51. The van der Waals surface area contributed by atoms with Crippen LogP contribution in [0.25, 0.3) is 0 Å². The van der Waals surface area contributed by atoms with Gasteiger partial charge in [-0.15, -0.1) is 5.92 Å². The molecule has 0 bridgehead atoms. The predicted molar refractivity (Wildman–Crippen MR) is 26.5 cm³/mol. The van der Waals surface area contributed by atoms with E-state index in [0.29, 0.717) is 6.42 Å². The summed E-state index contributed by atoms with van der Waals surface area (Å²) < 4.78 is 0. The molecule has 0 amide bonds. The van der Waals surface area contributed by atoms with Crippen LogP contribution in [0.3, 0.4) is 0 Å². The normalized spacial score (nSPS) is 4.71. The third-order valence-corrected chi connectivity index (χ3v) is 0.426. The van der Waals surface area contributed by atoms with E-state index < -0.39 is 0 Å². The second kappa shape index (κ2) is 4.92. The monoisotopic (exact) mass is 93.0 g/mol. The number of hydrogen-bond acceptors (Lipinski definition) is 0. The van der Waals surface area contributed by atoms with E-state index in [9.17, 15) is 5.11 Å². The summed E-state index contributed by atoms with van der Waals surface area (Å²) in [6.45, 7) is 1.71. The van der Waals surface area contributed by atoms with Crippen molar-refractivity contribution in [3.63, 3.8) is 0 Å². The van der Waals surface area contributed by atoms with E-state index in [0.717, 1.165) is 0 Å². The fourth-order valence-corrected chi connectivity index (χ4v) is 0.169. The molecule has 0 aromatic rings. The van der Waals surface area contributed by atoms with Crippen LogP contribution in [0, 0.1) is 23.9 Å². The largest absolute Gasteiger partial charge is 0.224 e. The standard InChI is InChI=1S/C6H5O/c1-2-3-4-5-6-7/h4H2,1H3. The summed E-state index contributed by atoms with van der Waals surface area (Å²) in [5, 5.41) is 9.38. The third kappa shape index (κ3) is 4.92. The lowest BCUT2D eigenvalue weighted by atomic mass is 10.4. The average Bonchev–Trinajstić information content (AvgIpc) is 1.69. The zero-order chi connectivity index (χ0) is 5.54. The van der Waals surface area contributed by atoms with Gasteiger partial charge in [0.05, 0.1) is 6.42 Å². The maximum atomic E-state index is 9.38. The average molecular weight is 93.1 g/mol. The highest BCUT2D eigenvalue weighted by Crippen LogP contribution is 1.65. The molecular weight excluding hydrogens is 88.1 g/mol. The van der Waals surface area contributed by atoms with Gasteiger partial charge >= 0.3 is 0 Å². The summed E-state index contributed by atoms with van der Waals surface area (Å²) in [5.41, 5.74) is 0. The Kier molecular flexibility index (Phi) is 4.16. The van der Waals surface area contributed by atoms with Gasteiger partial charge in [0.15, 0.2) is 6.11 Å². The Morgan fingerprint density at radius 3 is 2.57 bits per heavy atom. The van der Waals surface area contributed by atoms with Gasteiger partial charge in [-0.05, 0) is 12.8 Å². The van der Waals surface area contributed by atoms with Crippen LogP contribution in [-0.2, 0) is 5.11 Å². The lowest BCUT2D eigenvalue weighted by Gasteiger charge is -1.61. The van der Waals surface area contributed by atoms with Crippen LogP contribution in [0.2, 0.25) is 0 Å². The molecule has 0 aliphatic heterocycles. The smallest absolute Gasteiger partial charge is 0.173 e. The molecule has 1 radical (unpaired) electrons. The predicted octanol–water partition coefficient (Wildman–Crippen LogP) is 0.791. The Labute approximate surface area is 43.4 Å². The molecule has 35 valence electrons. The lowest BCUT2D eigenvalue weighted by molar-refractivity contribution is 0.391. The molecule has 0 heterocycles. The van der Waals surface area contributed by atoms with Crippen molar-refractivity contribution < 1.29 is 5.11 Å². The van der Waals surface area contributed by atoms with Crippen molar-refractivity contribution in [2.45, 2.75) is 13.3 Å². The van der Waals surface area contributed by atoms with Crippen molar-refractivity contribution in [1.82, 2.24) is 0 Å². The Morgan fingerprint density at radius 2 is 2.14 bits per heavy atom. The van der Waals surface area contributed by atoms with Crippen LogP contribution in [0.5, 0.6) is 0 Å². The van der Waals surface area contributed by atoms with Crippen LogP contribution >= 0.6 is 0 Å². The van der Waals surface area contributed by atoms with Gasteiger partial charge in [0.1, 0.15) is 0 Å². The van der Waals surface area contributed by atoms with E-state index in [1.807, 2.05) is 0 Å². The fraction of sp³-hybridized carbons (Fsp3) is 0.333. The highest BCUT2D eigenvalue weighted by Gasteiger charge is 1.60. The van der Waals surface area contributed by atoms with Crippen LogP contribution in [0.4, 0.5) is 0 Å². The summed E-state index contributed by atoms with van der Waals surface area (Å²) in [6, 6.07) is 0. The maximum absolute atomic E-state index is 9.38. The molecule has 0 atom stereocenters. The molecule has 0 unspecified atom stereocenters. The second-order valence-electron chi connectivity index (χ2n) is 0.882. The highest BCUT2D eigenvalue weighted by molar-refractivity contribution is 5.06. The van der Waals surface area contributed by atoms with Gasteiger partial charge in [0, 0.05) is 0 Å². The van der Waals surface area contributed by atoms with E-state index >= 15 is 0 Å². The quantitative estimate of drug-likeness (QED) is 0.394. The zero-order valence-electron chi connectivity index (χ0n) is 4.12. The molecule has 0 N–H and O–H groups in total. The number of hydrogen-bond donors (Lipinski definition) is 0. The Balaban J connectivity index is 3.21. The van der Waals surface area contributed by atoms with Gasteiger partial charge < -0.3 is 0 Å². The SMILES string of the molecule is CC#CCC#C[O]. The first-order valence-corrected chi connectivity index (χ1v) is 1.91. The van der Waals surface area contributed by atoms with Crippen molar-refractivity contribution in [3.05, 3.63) is 0 Å². The van der Waals surface area contributed by atoms with Gasteiger partial charge in [-0.3, -0.25) is 0 Å². The van der Waals surface area contributed by atoms with Gasteiger partial charge in [-0.2, -0.15) is 0 Å². The van der Waals surface area contributed by atoms with Gasteiger partial charge in [-0.1, -0.05) is 5.92 Å². The van der Waals surface area contributed by atoms with Crippen LogP contribution in [0.15, 0.2) is 0 Å². The highest BCUT2D eigenvalue weighted by atomic mass is 16.2. The molecule has 0 rings (SSSR count). The van der Waals surface area contributed by atoms with Gasteiger partial charge in [-0.25, -0.2) is 5.11 Å². The summed E-state index contributed by atoms with van der Waals surface area (Å²) in [6.07, 6.45) is 1.90. The molecular formula is C6H5O. The van der Waals surface area contributed by atoms with Crippen molar-refractivity contribution in [3.8, 4) is 23.9 Å². The second-order valence-corrected chi connectivity index (χ2v) is 0.882. The third-order valence-electron chi connectivity index (χ3n) is 0.426. The topological polar surface area (TPSA) is 19.9 Å². The summed E-state index contributed by atoms with van der Waals surface area (Å²) >= 11 is 0. The minimum atomic E-state index is 0.403. The lowest BCUT2D eigenvalue weighted by Crippen LogP contribution is -1.55. The first kappa shape index (κ1) is 5.92. The van der Waals surface area contributed by atoms with Crippen molar-refractivity contribution in [1.29, 1.82) is 0 Å². The Morgan fingerprint density at radius 1 is 1.43 bits per heavy atom. The summed E-state index contributed by atoms with van der Waals surface area (Å²) in [7, 11) is 0. The Hall–Kier alpha value is -1.08. The first-order chi connectivity index (χ1) is 3.41. The van der Waals surface area contributed by atoms with E-state index in [1.54, 1.807) is 6.92 Å². The van der Waals surface area contributed by atoms with Crippen molar-refractivity contribution in [2.75, 3.05) is 0 Å². The molecule has 0 fully saturated rings. The van der Waals surface area contributed by atoms with E-state index in [4.69, 9.17) is 0 Å². The zero-order valence-corrected chi connectivity index (χ0v) is 4.12. The number of rotatable bonds is 0. The molecule has 0 aromatic heterocycles. The van der Waals surface area contributed by atoms with Crippen LogP contribution < -0.4 is 0 Å². The molecule has 0 aromatic carbocycles. The molecule has 1 nitrogen and oxygen atoms in total. The molecule has 0 aliphatic rings. The minimum absolute atomic E-state index is 0.403. The fourth-order valence-electron chi connectivity index (χ4n) is 0.169. The van der Waals surface area contributed by atoms with Crippen molar-refractivity contribution >= 4 is 0 Å². The molecule has 0 aliphatic carbocycles. The van der Waals surface area contributed by atoms with E-state index in [1.165, 1.54) is 6.11 Å². The van der Waals surface area contributed by atoms with Crippen LogP contribution in [-0.4, -0.2) is 0 Å². The molecule has 7 heavy (non-hydrogen) atoms. The maximum Gasteiger partial charge on any atom is 0.173 e. The molecule has 0 saturated carbocycles. The molecule has 1 heteroatoms. The molecule has 0 saturated heterocycles. The summed E-state index contributed by atoms with van der Waals surface area (Å²) in [4.78, 5) is 0. The molecule has 0 spiro atoms. The van der Waals surface area contributed by atoms with Crippen molar-refractivity contribution in [2.24, 2.45) is 0 Å². The Bertz CT molecular complexity index is 119. The first-order valence-electron chi connectivity index (χ1n) is 1.91. The van der Waals surface area contributed by atoms with E-state index in [2.05, 4.69) is 17.8 Å². The van der Waals surface area contributed by atoms with Gasteiger partial charge in [0.25, 0.3) is 0 Å². The van der Waals surface area contributed by atoms with Crippen LogP contribution in [0.1, 0.15) is 13.3 Å². The van der Waals surface area contributed by atoms with E-state index in [-0.39, 0.29) is 0 Å².